The van der Waals surface area contributed by atoms with Gasteiger partial charge in [0.1, 0.15) is 6.54 Å². The highest BCUT2D eigenvalue weighted by Gasteiger charge is 2.51. The second-order valence-electron chi connectivity index (χ2n) is 18.2. The van der Waals surface area contributed by atoms with Crippen LogP contribution in [0.25, 0.3) is 32.7 Å². The van der Waals surface area contributed by atoms with Gasteiger partial charge >= 0.3 is 15.5 Å². The van der Waals surface area contributed by atoms with Gasteiger partial charge < -0.3 is 9.45 Å². The summed E-state index contributed by atoms with van der Waals surface area (Å²) in [5.74, 6) is -0.420. The van der Waals surface area contributed by atoms with Crippen molar-refractivity contribution in [2.24, 2.45) is 0 Å². The lowest BCUT2D eigenvalue weighted by molar-refractivity contribution is -0.438. The maximum absolute atomic E-state index is 14.7. The van der Waals surface area contributed by atoms with E-state index in [0.717, 1.165) is 62.5 Å². The molecule has 8 rings (SSSR count). The summed E-state index contributed by atoms with van der Waals surface area (Å²) in [5.41, 5.74) is -0.220. The number of likely N-dealkylation sites (N-methyl/N-ethyl adjacent to an activating group) is 1. The molecule has 0 radical (unpaired) electrons. The summed E-state index contributed by atoms with van der Waals surface area (Å²) < 4.78 is 129. The summed E-state index contributed by atoms with van der Waals surface area (Å²) in [6, 6.07) is 31.0. The van der Waals surface area contributed by atoms with Gasteiger partial charge in [-0.25, -0.2) is 0 Å². The van der Waals surface area contributed by atoms with Gasteiger partial charge in [-0.05, 0) is 95.6 Å². The van der Waals surface area contributed by atoms with Gasteiger partial charge in [0.05, 0.1) is 16.9 Å². The van der Waals surface area contributed by atoms with Crippen LogP contribution in [0, 0.1) is 0 Å². The van der Waals surface area contributed by atoms with Crippen LogP contribution in [0.4, 0.5) is 24.5 Å². The Morgan fingerprint density at radius 1 is 0.761 bits per heavy atom. The van der Waals surface area contributed by atoms with E-state index in [9.17, 15) is 43.3 Å². The van der Waals surface area contributed by atoms with Crippen LogP contribution in [-0.4, -0.2) is 81.9 Å². The van der Waals surface area contributed by atoms with Crippen LogP contribution in [-0.2, 0) is 42.1 Å². The number of anilines is 1. The van der Waals surface area contributed by atoms with E-state index in [2.05, 4.69) is 23.3 Å². The van der Waals surface area contributed by atoms with Crippen molar-refractivity contribution in [2.45, 2.75) is 69.7 Å². The molecule has 0 amide bonds. The fourth-order valence-electron chi connectivity index (χ4n) is 10.2. The van der Waals surface area contributed by atoms with Gasteiger partial charge in [-0.3, -0.25) is 13.1 Å². The number of benzene rings is 5. The van der Waals surface area contributed by atoms with Crippen molar-refractivity contribution in [3.8, 4) is 0 Å². The molecule has 0 saturated heterocycles. The van der Waals surface area contributed by atoms with Crippen LogP contribution in [0.5, 0.6) is 0 Å². The van der Waals surface area contributed by atoms with Gasteiger partial charge in [-0.1, -0.05) is 110 Å². The molecule has 352 valence electrons. The SMILES string of the molecule is CN(C1=C(/C=C/C2=[N+](CCCCS(=O)[O-])c3ccc4ccccc4c3C2(C)C)c2ccccc2/C1=C\C=C1\N(CCCCS(=O)(=O)O)c2ccc3ccccc3c2C1(C)C)S(=O)(=O)C(F)(F)F. The highest BCUT2D eigenvalue weighted by Crippen LogP contribution is 2.52. The first-order valence-electron chi connectivity index (χ1n) is 22.0. The standard InChI is InChI=1S/C51H52F3N3O7S3/c1-49(2)44(56(30-12-14-32-65(58)59)42-26-22-34-16-6-8-18-36(34)46(42)49)28-24-40-38-20-10-11-21-39(38)41(48(40)55(5)67(63,64)51(52,53)54)25-29-45-50(3,4)47-37-19-9-7-17-35(37)23-27-43(47)57(45)31-13-15-33-66(60,61)62/h6-11,16-29H,12-15,30-33H2,1-5H3,(H-,58,59,60,61,62). The Labute approximate surface area is 392 Å². The van der Waals surface area contributed by atoms with E-state index in [1.165, 1.54) is 0 Å². The maximum Gasteiger partial charge on any atom is 0.516 e. The third-order valence-electron chi connectivity index (χ3n) is 13.3. The predicted octanol–water partition coefficient (Wildman–Crippen LogP) is 10.5. The topological polar surface area (TPSA) is 138 Å². The molecule has 0 aromatic heterocycles. The van der Waals surface area contributed by atoms with Crippen LogP contribution in [0.2, 0.25) is 0 Å². The summed E-state index contributed by atoms with van der Waals surface area (Å²) in [4.78, 5) is 2.06. The number of fused-ring (bicyclic) bond motifs is 7. The molecule has 1 aliphatic carbocycles. The Kier molecular flexibility index (Phi) is 12.9. The second kappa shape index (κ2) is 17.9. The molecule has 1 atom stereocenters. The van der Waals surface area contributed by atoms with Crippen molar-refractivity contribution in [3.63, 3.8) is 0 Å². The molecule has 10 nitrogen and oxygen atoms in total. The number of hydrogen-bond acceptors (Lipinski definition) is 7. The van der Waals surface area contributed by atoms with E-state index in [4.69, 9.17) is 0 Å². The number of nitrogens with zero attached hydrogens (tertiary/aromatic N) is 3. The van der Waals surface area contributed by atoms with E-state index in [1.807, 2.05) is 98.8 Å². The van der Waals surface area contributed by atoms with Gasteiger partial charge in [0.15, 0.2) is 5.71 Å². The lowest BCUT2D eigenvalue weighted by atomic mass is 9.79. The summed E-state index contributed by atoms with van der Waals surface area (Å²) in [6.45, 7) is 9.03. The number of hydrogen-bond donors (Lipinski definition) is 1. The predicted molar refractivity (Wildman–Crippen MR) is 261 cm³/mol. The number of alkyl halides is 3. The third kappa shape index (κ3) is 8.82. The lowest BCUT2D eigenvalue weighted by Gasteiger charge is -2.27. The fourth-order valence-corrected chi connectivity index (χ4v) is 12.0. The first kappa shape index (κ1) is 48.1. The molecular weight excluding hydrogens is 920 g/mol. The van der Waals surface area contributed by atoms with Gasteiger partial charge in [0, 0.05) is 71.4 Å². The maximum atomic E-state index is 14.7. The van der Waals surface area contributed by atoms with Crippen molar-refractivity contribution in [2.75, 3.05) is 36.5 Å². The molecular formula is C51H52F3N3O7S3. The van der Waals surface area contributed by atoms with Crippen molar-refractivity contribution in [1.29, 1.82) is 0 Å². The van der Waals surface area contributed by atoms with Crippen LogP contribution < -0.4 is 4.90 Å². The Balaban J connectivity index is 1.32. The molecule has 3 aliphatic rings. The van der Waals surface area contributed by atoms with Crippen molar-refractivity contribution in [1.82, 2.24) is 4.31 Å². The Hall–Kier alpha value is -5.39. The van der Waals surface area contributed by atoms with Gasteiger partial charge in [0.25, 0.3) is 10.1 Å². The minimum atomic E-state index is -5.94. The van der Waals surface area contributed by atoms with Crippen molar-refractivity contribution >= 4 is 81.0 Å². The molecule has 0 spiro atoms. The smallest absolute Gasteiger partial charge is 0.516 e. The molecule has 2 heterocycles. The zero-order chi connectivity index (χ0) is 48.3. The largest absolute Gasteiger partial charge is 0.772 e. The molecule has 2 aliphatic heterocycles. The lowest BCUT2D eigenvalue weighted by Crippen LogP contribution is -2.37. The van der Waals surface area contributed by atoms with E-state index in [-0.39, 0.29) is 29.0 Å². The molecule has 0 saturated carbocycles. The minimum Gasteiger partial charge on any atom is -0.772 e. The summed E-state index contributed by atoms with van der Waals surface area (Å²) in [5, 5.41) is 4.05. The normalized spacial score (nSPS) is 18.5. The van der Waals surface area contributed by atoms with Crippen LogP contribution in [0.1, 0.15) is 75.6 Å². The average molecular weight is 972 g/mol. The number of halogens is 3. The molecule has 0 fully saturated rings. The summed E-state index contributed by atoms with van der Waals surface area (Å²) in [6.07, 6.45) is 8.54. The van der Waals surface area contributed by atoms with E-state index >= 15 is 0 Å². The molecule has 1 unspecified atom stereocenters. The number of unbranched alkanes of at least 4 members (excludes halogenated alkanes) is 2. The van der Waals surface area contributed by atoms with Crippen molar-refractivity contribution in [3.05, 3.63) is 155 Å². The molecule has 16 heteroatoms. The average Bonchev–Trinajstić information content (AvgIpc) is 3.78. The number of rotatable bonds is 15. The third-order valence-corrected chi connectivity index (χ3v) is 16.2. The Morgan fingerprint density at radius 2 is 1.37 bits per heavy atom. The van der Waals surface area contributed by atoms with Crippen LogP contribution >= 0.6 is 0 Å². The molecule has 5 aromatic carbocycles. The molecule has 0 bridgehead atoms. The highest BCUT2D eigenvalue weighted by atomic mass is 32.2. The summed E-state index contributed by atoms with van der Waals surface area (Å²) >= 11 is -2.21. The molecule has 67 heavy (non-hydrogen) atoms. The number of sulfonamides is 1. The minimum absolute atomic E-state index is 0.00301. The first-order valence-corrected chi connectivity index (χ1v) is 26.3. The Bertz CT molecular complexity index is 3240. The highest BCUT2D eigenvalue weighted by molar-refractivity contribution is 7.90. The van der Waals surface area contributed by atoms with E-state index in [0.29, 0.717) is 47.8 Å². The molecule has 1 N–H and O–H groups in total. The molecule has 5 aromatic rings. The van der Waals surface area contributed by atoms with Gasteiger partial charge in [-0.15, -0.1) is 0 Å². The monoisotopic (exact) mass is 971 g/mol. The van der Waals surface area contributed by atoms with Crippen LogP contribution in [0.3, 0.4) is 0 Å². The zero-order valence-corrected chi connectivity index (χ0v) is 40.3. The van der Waals surface area contributed by atoms with Gasteiger partial charge in [0.2, 0.25) is 5.69 Å². The van der Waals surface area contributed by atoms with Crippen molar-refractivity contribution < 1.29 is 47.9 Å². The van der Waals surface area contributed by atoms with E-state index < -0.39 is 53.3 Å². The Morgan fingerprint density at radius 3 is 2.01 bits per heavy atom. The number of allylic oxidation sites excluding steroid dienone is 7. The quantitative estimate of drug-likeness (QED) is 0.0474. The fraction of sp³-hybridized carbons (Fsp3) is 0.314. The van der Waals surface area contributed by atoms with E-state index in [1.54, 1.807) is 36.4 Å². The zero-order valence-electron chi connectivity index (χ0n) is 37.8. The second-order valence-corrected chi connectivity index (χ2v) is 22.7. The first-order chi connectivity index (χ1) is 31.6. The summed E-state index contributed by atoms with van der Waals surface area (Å²) in [7, 11) is -9.22. The van der Waals surface area contributed by atoms with Crippen LogP contribution in [0.15, 0.2) is 133 Å². The van der Waals surface area contributed by atoms with Gasteiger partial charge in [-0.2, -0.15) is 34.6 Å².